The first-order valence-electron chi connectivity index (χ1n) is 12.7. The number of fused-ring (bicyclic) bond motifs is 1. The van der Waals surface area contributed by atoms with E-state index in [1.807, 2.05) is 69.3 Å². The van der Waals surface area contributed by atoms with Crippen LogP contribution in [0, 0.1) is 0 Å². The Kier molecular flexibility index (Phi) is 8.21. The lowest BCUT2D eigenvalue weighted by Crippen LogP contribution is -2.57. The van der Waals surface area contributed by atoms with Crippen molar-refractivity contribution in [3.05, 3.63) is 59.7 Å². The number of amides is 3. The zero-order valence-electron chi connectivity index (χ0n) is 21.7. The van der Waals surface area contributed by atoms with Crippen LogP contribution < -0.4 is 10.1 Å². The number of benzene rings is 2. The third kappa shape index (κ3) is 7.38. The van der Waals surface area contributed by atoms with E-state index in [0.717, 1.165) is 16.8 Å². The normalized spacial score (nSPS) is 17.5. The first kappa shape index (κ1) is 26.3. The first-order chi connectivity index (χ1) is 17.7. The second-order valence-electron chi connectivity index (χ2n) is 10.3. The molecule has 0 spiro atoms. The van der Waals surface area contributed by atoms with E-state index in [1.165, 1.54) is 0 Å². The maximum absolute atomic E-state index is 12.9. The summed E-state index contributed by atoms with van der Waals surface area (Å²) in [6.45, 7) is 7.07. The maximum Gasteiger partial charge on any atom is 0.410 e. The molecule has 0 saturated carbocycles. The lowest BCUT2D eigenvalue weighted by molar-refractivity contribution is -0.116. The number of rotatable bonds is 6. The molecule has 198 valence electrons. The van der Waals surface area contributed by atoms with Crippen LogP contribution in [0.5, 0.6) is 5.75 Å². The number of aryl methyl sites for hydroxylation is 1. The van der Waals surface area contributed by atoms with Crippen molar-refractivity contribution in [1.82, 2.24) is 9.80 Å². The monoisotopic (exact) mass is 509 g/mol. The Morgan fingerprint density at radius 2 is 1.81 bits per heavy atom. The van der Waals surface area contributed by atoms with Crippen LogP contribution in [0.15, 0.2) is 48.5 Å². The molecule has 37 heavy (non-hydrogen) atoms. The average molecular weight is 510 g/mol. The predicted octanol–water partition coefficient (Wildman–Crippen LogP) is 4.60. The number of hydrogen-bond donors (Lipinski definition) is 1. The summed E-state index contributed by atoms with van der Waals surface area (Å²) in [5.74, 6) is 0.723. The highest BCUT2D eigenvalue weighted by Gasteiger charge is 2.35. The minimum atomic E-state index is -0.623. The van der Waals surface area contributed by atoms with E-state index in [0.29, 0.717) is 51.3 Å². The van der Waals surface area contributed by atoms with Gasteiger partial charge in [-0.1, -0.05) is 30.3 Å². The van der Waals surface area contributed by atoms with Gasteiger partial charge in [0.1, 0.15) is 18.0 Å². The van der Waals surface area contributed by atoms with Crippen molar-refractivity contribution in [3.63, 3.8) is 0 Å². The summed E-state index contributed by atoms with van der Waals surface area (Å²) in [6, 6.07) is 14.8. The average Bonchev–Trinajstić information content (AvgIpc) is 2.87. The Morgan fingerprint density at radius 1 is 1.03 bits per heavy atom. The summed E-state index contributed by atoms with van der Waals surface area (Å²) < 4.78 is 17.1. The molecule has 0 aromatic heterocycles. The SMILES string of the molecule is CC(C)(C)OC(=O)N1CCN(C(=O)OCc2ccccc2)C[C@H]1CCOc1ccc2c(c1)CCC(=O)N2. The predicted molar refractivity (Wildman–Crippen MR) is 138 cm³/mol. The number of nitrogens with zero attached hydrogens (tertiary/aromatic N) is 2. The third-order valence-corrected chi connectivity index (χ3v) is 6.27. The standard InChI is InChI=1S/C28H35N3O6/c1-28(2,3)37-27(34)31-15-14-30(26(33)36-19-20-7-5-4-6-8-20)18-22(31)13-16-35-23-10-11-24-21(17-23)9-12-25(32)29-24/h4-8,10-11,17,22H,9,12-16,18-19H2,1-3H3,(H,29,32)/t22-/m1/s1. The van der Waals surface area contributed by atoms with Crippen LogP contribution in [-0.4, -0.2) is 65.8 Å². The number of ether oxygens (including phenoxy) is 3. The van der Waals surface area contributed by atoms with Crippen LogP contribution in [0.25, 0.3) is 0 Å². The van der Waals surface area contributed by atoms with Gasteiger partial charge in [0.15, 0.2) is 0 Å². The molecule has 1 N–H and O–H groups in total. The molecule has 0 aliphatic carbocycles. The van der Waals surface area contributed by atoms with E-state index in [4.69, 9.17) is 14.2 Å². The van der Waals surface area contributed by atoms with Crippen molar-refractivity contribution in [2.45, 2.75) is 58.3 Å². The smallest absolute Gasteiger partial charge is 0.410 e. The van der Waals surface area contributed by atoms with Crippen molar-refractivity contribution in [2.24, 2.45) is 0 Å². The minimum Gasteiger partial charge on any atom is -0.494 e. The summed E-state index contributed by atoms with van der Waals surface area (Å²) >= 11 is 0. The molecule has 9 nitrogen and oxygen atoms in total. The lowest BCUT2D eigenvalue weighted by Gasteiger charge is -2.41. The molecule has 0 bridgehead atoms. The Hall–Kier alpha value is -3.75. The van der Waals surface area contributed by atoms with Gasteiger partial charge in [0, 0.05) is 38.2 Å². The van der Waals surface area contributed by atoms with Crippen molar-refractivity contribution in [2.75, 3.05) is 31.6 Å². The van der Waals surface area contributed by atoms with E-state index < -0.39 is 17.8 Å². The van der Waals surface area contributed by atoms with Gasteiger partial charge in [-0.2, -0.15) is 0 Å². The molecule has 2 aromatic rings. The van der Waals surface area contributed by atoms with Gasteiger partial charge in [0.25, 0.3) is 0 Å². The number of anilines is 1. The summed E-state index contributed by atoms with van der Waals surface area (Å²) in [5, 5.41) is 2.87. The Balaban J connectivity index is 1.37. The summed E-state index contributed by atoms with van der Waals surface area (Å²) in [6.07, 6.45) is 0.831. The summed E-state index contributed by atoms with van der Waals surface area (Å²) in [7, 11) is 0. The summed E-state index contributed by atoms with van der Waals surface area (Å²) in [4.78, 5) is 40.6. The van der Waals surface area contributed by atoms with Gasteiger partial charge in [0.2, 0.25) is 5.91 Å². The number of carbonyl (C=O) groups excluding carboxylic acids is 3. The molecular formula is C28H35N3O6. The van der Waals surface area contributed by atoms with Gasteiger partial charge >= 0.3 is 12.2 Å². The largest absolute Gasteiger partial charge is 0.494 e. The van der Waals surface area contributed by atoms with E-state index >= 15 is 0 Å². The lowest BCUT2D eigenvalue weighted by atomic mass is 10.0. The zero-order valence-corrected chi connectivity index (χ0v) is 21.7. The number of nitrogens with one attached hydrogen (secondary N) is 1. The van der Waals surface area contributed by atoms with Gasteiger partial charge in [-0.3, -0.25) is 4.79 Å². The molecule has 1 fully saturated rings. The van der Waals surface area contributed by atoms with Crippen LogP contribution in [0.2, 0.25) is 0 Å². The number of piperazine rings is 1. The highest BCUT2D eigenvalue weighted by atomic mass is 16.6. The first-order valence-corrected chi connectivity index (χ1v) is 12.7. The zero-order chi connectivity index (χ0) is 26.4. The molecule has 4 rings (SSSR count). The molecule has 2 heterocycles. The van der Waals surface area contributed by atoms with Crippen LogP contribution in [0.4, 0.5) is 15.3 Å². The molecule has 0 unspecified atom stereocenters. The second kappa shape index (κ2) is 11.5. The molecular weight excluding hydrogens is 474 g/mol. The molecule has 2 aromatic carbocycles. The van der Waals surface area contributed by atoms with Gasteiger partial charge in [0.05, 0.1) is 12.6 Å². The Labute approximate surface area is 217 Å². The van der Waals surface area contributed by atoms with Gasteiger partial charge in [-0.15, -0.1) is 0 Å². The van der Waals surface area contributed by atoms with Crippen LogP contribution in [-0.2, 0) is 27.3 Å². The van der Waals surface area contributed by atoms with Gasteiger partial charge in [-0.25, -0.2) is 9.59 Å². The molecule has 9 heteroatoms. The van der Waals surface area contributed by atoms with Crippen LogP contribution >= 0.6 is 0 Å². The molecule has 0 radical (unpaired) electrons. The Morgan fingerprint density at radius 3 is 2.57 bits per heavy atom. The van der Waals surface area contributed by atoms with E-state index in [-0.39, 0.29) is 18.6 Å². The number of hydrogen-bond acceptors (Lipinski definition) is 6. The molecule has 3 amide bonds. The van der Waals surface area contributed by atoms with Crippen LogP contribution in [0.1, 0.15) is 44.7 Å². The summed E-state index contributed by atoms with van der Waals surface area (Å²) in [5.41, 5.74) is 2.15. The maximum atomic E-state index is 12.9. The van der Waals surface area contributed by atoms with E-state index in [2.05, 4.69) is 5.32 Å². The second-order valence-corrected chi connectivity index (χ2v) is 10.3. The highest BCUT2D eigenvalue weighted by Crippen LogP contribution is 2.27. The van der Waals surface area contributed by atoms with Crippen LogP contribution in [0.3, 0.4) is 0 Å². The van der Waals surface area contributed by atoms with Gasteiger partial charge < -0.3 is 29.3 Å². The van der Waals surface area contributed by atoms with Crippen molar-refractivity contribution in [3.8, 4) is 5.75 Å². The fourth-order valence-corrected chi connectivity index (χ4v) is 4.40. The number of carbonyl (C=O) groups is 3. The Bertz CT molecular complexity index is 1110. The molecule has 1 saturated heterocycles. The van der Waals surface area contributed by atoms with E-state index in [1.54, 1.807) is 9.80 Å². The van der Waals surface area contributed by atoms with Crippen molar-refractivity contribution in [1.29, 1.82) is 0 Å². The quantitative estimate of drug-likeness (QED) is 0.611. The third-order valence-electron chi connectivity index (χ3n) is 6.27. The van der Waals surface area contributed by atoms with Gasteiger partial charge in [-0.05, 0) is 56.5 Å². The topological polar surface area (TPSA) is 97.4 Å². The molecule has 1 atom stereocenters. The fraction of sp³-hybridized carbons (Fsp3) is 0.464. The van der Waals surface area contributed by atoms with Crippen molar-refractivity contribution >= 4 is 23.8 Å². The van der Waals surface area contributed by atoms with Crippen molar-refractivity contribution < 1.29 is 28.6 Å². The fourth-order valence-electron chi connectivity index (χ4n) is 4.40. The molecule has 2 aliphatic rings. The van der Waals surface area contributed by atoms with E-state index in [9.17, 15) is 14.4 Å². The minimum absolute atomic E-state index is 0.0209. The highest BCUT2D eigenvalue weighted by molar-refractivity contribution is 5.94. The molecule has 2 aliphatic heterocycles.